The van der Waals surface area contributed by atoms with Crippen molar-refractivity contribution in [3.8, 4) is 0 Å². The first-order chi connectivity index (χ1) is 9.11. The number of nitrogens with one attached hydrogen (secondary N) is 1. The van der Waals surface area contributed by atoms with Gasteiger partial charge in [0.1, 0.15) is 0 Å². The van der Waals surface area contributed by atoms with E-state index in [4.69, 9.17) is 28.9 Å². The van der Waals surface area contributed by atoms with Crippen LogP contribution in [0.15, 0.2) is 36.4 Å². The van der Waals surface area contributed by atoms with Gasteiger partial charge in [-0.25, -0.2) is 0 Å². The third kappa shape index (κ3) is 2.71. The first kappa shape index (κ1) is 12.8. The second kappa shape index (κ2) is 5.04. The van der Waals surface area contributed by atoms with Crippen LogP contribution >= 0.6 is 23.2 Å². The fourth-order valence-electron chi connectivity index (χ4n) is 2.47. The molecule has 2 aromatic rings. The quantitative estimate of drug-likeness (QED) is 0.872. The molecule has 0 saturated carbocycles. The van der Waals surface area contributed by atoms with Crippen molar-refractivity contribution in [3.05, 3.63) is 57.6 Å². The van der Waals surface area contributed by atoms with Gasteiger partial charge in [-0.1, -0.05) is 29.3 Å². The van der Waals surface area contributed by atoms with Crippen LogP contribution in [0.3, 0.4) is 0 Å². The van der Waals surface area contributed by atoms with E-state index in [9.17, 15) is 0 Å². The molecule has 0 bridgehead atoms. The zero-order chi connectivity index (χ0) is 13.4. The van der Waals surface area contributed by atoms with Crippen molar-refractivity contribution in [2.45, 2.75) is 18.9 Å². The van der Waals surface area contributed by atoms with E-state index >= 15 is 0 Å². The molecular formula is C15H14Cl2N2. The Morgan fingerprint density at radius 3 is 2.37 bits per heavy atom. The predicted octanol–water partition coefficient (Wildman–Crippen LogP) is 4.16. The third-order valence-electron chi connectivity index (χ3n) is 3.38. The van der Waals surface area contributed by atoms with Crippen LogP contribution in [0, 0.1) is 0 Å². The zero-order valence-corrected chi connectivity index (χ0v) is 11.8. The lowest BCUT2D eigenvalue weighted by Gasteiger charge is -2.09. The van der Waals surface area contributed by atoms with Gasteiger partial charge in [0.05, 0.1) is 10.0 Å². The summed E-state index contributed by atoms with van der Waals surface area (Å²) in [7, 11) is 0. The number of halogens is 2. The Hall–Kier alpha value is -1.22. The number of anilines is 2. The van der Waals surface area contributed by atoms with Crippen molar-refractivity contribution in [2.24, 2.45) is 5.73 Å². The summed E-state index contributed by atoms with van der Waals surface area (Å²) < 4.78 is 0. The van der Waals surface area contributed by atoms with Crippen LogP contribution in [0.1, 0.15) is 11.1 Å². The van der Waals surface area contributed by atoms with Crippen molar-refractivity contribution in [3.63, 3.8) is 0 Å². The zero-order valence-electron chi connectivity index (χ0n) is 10.3. The molecule has 1 aliphatic rings. The molecule has 0 amide bonds. The van der Waals surface area contributed by atoms with Gasteiger partial charge in [0.2, 0.25) is 0 Å². The summed E-state index contributed by atoms with van der Waals surface area (Å²) in [5.74, 6) is 0. The molecule has 0 spiro atoms. The van der Waals surface area contributed by atoms with E-state index in [1.807, 2.05) is 12.1 Å². The Bertz CT molecular complexity index is 626. The summed E-state index contributed by atoms with van der Waals surface area (Å²) in [6, 6.07) is 12.1. The van der Waals surface area contributed by atoms with Crippen molar-refractivity contribution in [2.75, 3.05) is 5.32 Å². The highest BCUT2D eigenvalue weighted by Crippen LogP contribution is 2.29. The standard InChI is InChI=1S/C15H14Cl2N2/c16-14-4-3-13(8-15(14)17)19-12-2-1-9-5-11(18)6-10(9)7-12/h1-4,7-8,11,19H,5-6,18H2. The van der Waals surface area contributed by atoms with Crippen LogP contribution in [-0.2, 0) is 12.8 Å². The molecule has 1 unspecified atom stereocenters. The molecule has 3 rings (SSSR count). The van der Waals surface area contributed by atoms with E-state index in [1.54, 1.807) is 6.07 Å². The summed E-state index contributed by atoms with van der Waals surface area (Å²) in [5.41, 5.74) is 10.6. The maximum atomic E-state index is 6.00. The molecule has 0 radical (unpaired) electrons. The van der Waals surface area contributed by atoms with Gasteiger partial charge in [0.25, 0.3) is 0 Å². The molecule has 0 fully saturated rings. The van der Waals surface area contributed by atoms with E-state index in [0.717, 1.165) is 24.2 Å². The maximum absolute atomic E-state index is 6.00. The van der Waals surface area contributed by atoms with E-state index in [0.29, 0.717) is 10.0 Å². The summed E-state index contributed by atoms with van der Waals surface area (Å²) >= 11 is 11.9. The summed E-state index contributed by atoms with van der Waals surface area (Å²) in [6.45, 7) is 0. The van der Waals surface area contributed by atoms with Crippen LogP contribution in [0.2, 0.25) is 10.0 Å². The molecule has 1 atom stereocenters. The lowest BCUT2D eigenvalue weighted by molar-refractivity contribution is 0.721. The van der Waals surface area contributed by atoms with E-state index in [-0.39, 0.29) is 6.04 Å². The average molecular weight is 293 g/mol. The maximum Gasteiger partial charge on any atom is 0.0612 e. The van der Waals surface area contributed by atoms with Gasteiger partial charge in [-0.05, 0) is 54.3 Å². The highest BCUT2D eigenvalue weighted by Gasteiger charge is 2.17. The van der Waals surface area contributed by atoms with E-state index in [2.05, 4.69) is 23.5 Å². The molecule has 0 heterocycles. The van der Waals surface area contributed by atoms with Gasteiger partial charge >= 0.3 is 0 Å². The highest BCUT2D eigenvalue weighted by atomic mass is 35.5. The van der Waals surface area contributed by atoms with Gasteiger partial charge in [-0.2, -0.15) is 0 Å². The lowest BCUT2D eigenvalue weighted by atomic mass is 10.1. The molecule has 1 aliphatic carbocycles. The van der Waals surface area contributed by atoms with Gasteiger partial charge in [-0.3, -0.25) is 0 Å². The van der Waals surface area contributed by atoms with Crippen molar-refractivity contribution in [1.82, 2.24) is 0 Å². The normalized spacial score (nSPS) is 17.3. The molecule has 98 valence electrons. The first-order valence-electron chi connectivity index (χ1n) is 6.21. The number of hydrogen-bond acceptors (Lipinski definition) is 2. The number of benzene rings is 2. The molecule has 2 aromatic carbocycles. The summed E-state index contributed by atoms with van der Waals surface area (Å²) in [4.78, 5) is 0. The van der Waals surface area contributed by atoms with Crippen LogP contribution < -0.4 is 11.1 Å². The molecule has 4 heteroatoms. The topological polar surface area (TPSA) is 38.0 Å². The highest BCUT2D eigenvalue weighted by molar-refractivity contribution is 6.42. The SMILES string of the molecule is NC1Cc2ccc(Nc3ccc(Cl)c(Cl)c3)cc2C1. The van der Waals surface area contributed by atoms with Crippen LogP contribution in [0.25, 0.3) is 0 Å². The van der Waals surface area contributed by atoms with Crippen LogP contribution in [0.4, 0.5) is 11.4 Å². The van der Waals surface area contributed by atoms with Gasteiger partial charge in [-0.15, -0.1) is 0 Å². The van der Waals surface area contributed by atoms with E-state index < -0.39 is 0 Å². The van der Waals surface area contributed by atoms with Gasteiger partial charge < -0.3 is 11.1 Å². The lowest BCUT2D eigenvalue weighted by Crippen LogP contribution is -2.18. The van der Waals surface area contributed by atoms with Crippen LogP contribution in [-0.4, -0.2) is 6.04 Å². The second-order valence-corrected chi connectivity index (χ2v) is 5.72. The molecule has 2 nitrogen and oxygen atoms in total. The Labute approximate surface area is 122 Å². The molecule has 0 saturated heterocycles. The minimum Gasteiger partial charge on any atom is -0.355 e. The molecule has 19 heavy (non-hydrogen) atoms. The Balaban J connectivity index is 1.84. The van der Waals surface area contributed by atoms with Crippen LogP contribution in [0.5, 0.6) is 0 Å². The average Bonchev–Trinajstić information content (AvgIpc) is 2.73. The third-order valence-corrected chi connectivity index (χ3v) is 4.12. The van der Waals surface area contributed by atoms with Crippen molar-refractivity contribution >= 4 is 34.6 Å². The second-order valence-electron chi connectivity index (χ2n) is 4.91. The smallest absolute Gasteiger partial charge is 0.0612 e. The van der Waals surface area contributed by atoms with Gasteiger partial charge in [0.15, 0.2) is 0 Å². The number of hydrogen-bond donors (Lipinski definition) is 2. The molecular weight excluding hydrogens is 279 g/mol. The Morgan fingerprint density at radius 1 is 0.895 bits per heavy atom. The fraction of sp³-hybridized carbons (Fsp3) is 0.200. The van der Waals surface area contributed by atoms with Crippen molar-refractivity contribution in [1.29, 1.82) is 0 Å². The van der Waals surface area contributed by atoms with Crippen molar-refractivity contribution < 1.29 is 0 Å². The molecule has 3 N–H and O–H groups in total. The predicted molar refractivity (Wildman–Crippen MR) is 81.6 cm³/mol. The largest absolute Gasteiger partial charge is 0.355 e. The summed E-state index contributed by atoms with van der Waals surface area (Å²) in [5, 5.41) is 4.45. The Kier molecular flexibility index (Phi) is 3.40. The Morgan fingerprint density at radius 2 is 1.58 bits per heavy atom. The summed E-state index contributed by atoms with van der Waals surface area (Å²) in [6.07, 6.45) is 1.93. The van der Waals surface area contributed by atoms with Gasteiger partial charge in [0, 0.05) is 17.4 Å². The number of rotatable bonds is 2. The monoisotopic (exact) mass is 292 g/mol. The first-order valence-corrected chi connectivity index (χ1v) is 6.97. The fourth-order valence-corrected chi connectivity index (χ4v) is 2.77. The minimum absolute atomic E-state index is 0.259. The number of nitrogens with two attached hydrogens (primary N) is 1. The molecule has 0 aliphatic heterocycles. The number of fused-ring (bicyclic) bond motifs is 1. The minimum atomic E-state index is 0.259. The van der Waals surface area contributed by atoms with E-state index in [1.165, 1.54) is 11.1 Å². The molecule has 0 aromatic heterocycles.